The van der Waals surface area contributed by atoms with Crippen LogP contribution in [-0.2, 0) is 16.6 Å². The van der Waals surface area contributed by atoms with Crippen molar-refractivity contribution in [3.63, 3.8) is 0 Å². The molecule has 0 saturated carbocycles. The van der Waals surface area contributed by atoms with E-state index < -0.39 is 10.8 Å². The van der Waals surface area contributed by atoms with Gasteiger partial charge in [-0.05, 0) is 42.8 Å². The fourth-order valence-corrected chi connectivity index (χ4v) is 2.63. The number of aromatic nitrogens is 1. The van der Waals surface area contributed by atoms with E-state index in [9.17, 15) is 4.21 Å². The highest BCUT2D eigenvalue weighted by Gasteiger charge is 2.07. The standard InChI is InChI=1S/C13H14N2OS/c1-10-8-12(5-6-13(10)14)17(16)9-11-4-2-3-7-15-11/h2-8H,9,14H2,1H3. The molecule has 0 bridgehead atoms. The van der Waals surface area contributed by atoms with Crippen LogP contribution in [0.25, 0.3) is 0 Å². The van der Waals surface area contributed by atoms with E-state index in [1.807, 2.05) is 31.2 Å². The number of nitrogens with zero attached hydrogens (tertiary/aromatic N) is 1. The van der Waals surface area contributed by atoms with Crippen molar-refractivity contribution in [2.75, 3.05) is 5.73 Å². The second-order valence-electron chi connectivity index (χ2n) is 3.83. The van der Waals surface area contributed by atoms with Crippen molar-refractivity contribution >= 4 is 16.5 Å². The molecule has 0 radical (unpaired) electrons. The van der Waals surface area contributed by atoms with E-state index in [0.717, 1.165) is 21.8 Å². The minimum absolute atomic E-state index is 0.435. The van der Waals surface area contributed by atoms with Gasteiger partial charge in [0.15, 0.2) is 0 Å². The van der Waals surface area contributed by atoms with Crippen LogP contribution in [0.2, 0.25) is 0 Å². The third-order valence-electron chi connectivity index (χ3n) is 2.51. The lowest BCUT2D eigenvalue weighted by Crippen LogP contribution is -1.99. The first-order valence-electron chi connectivity index (χ1n) is 5.31. The van der Waals surface area contributed by atoms with Crippen LogP contribution in [0.3, 0.4) is 0 Å². The molecule has 17 heavy (non-hydrogen) atoms. The molecule has 2 N–H and O–H groups in total. The van der Waals surface area contributed by atoms with Crippen LogP contribution in [-0.4, -0.2) is 9.19 Å². The van der Waals surface area contributed by atoms with E-state index in [-0.39, 0.29) is 0 Å². The summed E-state index contributed by atoms with van der Waals surface area (Å²) in [6, 6.07) is 11.1. The first-order chi connectivity index (χ1) is 8.16. The number of nitrogens with two attached hydrogens (primary N) is 1. The number of hydrogen-bond donors (Lipinski definition) is 1. The summed E-state index contributed by atoms with van der Waals surface area (Å²) in [6.45, 7) is 1.91. The van der Waals surface area contributed by atoms with Gasteiger partial charge in [0.2, 0.25) is 0 Å². The molecule has 0 saturated heterocycles. The van der Waals surface area contributed by atoms with Crippen molar-refractivity contribution in [1.29, 1.82) is 0 Å². The molecule has 1 unspecified atom stereocenters. The number of hydrogen-bond acceptors (Lipinski definition) is 3. The fraction of sp³-hybridized carbons (Fsp3) is 0.154. The van der Waals surface area contributed by atoms with Gasteiger partial charge < -0.3 is 5.73 Å². The Kier molecular flexibility index (Phi) is 3.54. The van der Waals surface area contributed by atoms with Gasteiger partial charge in [0.1, 0.15) is 0 Å². The monoisotopic (exact) mass is 246 g/mol. The van der Waals surface area contributed by atoms with Gasteiger partial charge in [0.05, 0.1) is 22.2 Å². The average molecular weight is 246 g/mol. The molecule has 1 atom stereocenters. The Morgan fingerprint density at radius 2 is 2.12 bits per heavy atom. The van der Waals surface area contributed by atoms with Crippen LogP contribution in [0.4, 0.5) is 5.69 Å². The summed E-state index contributed by atoms with van der Waals surface area (Å²) in [5.41, 5.74) is 8.24. The van der Waals surface area contributed by atoms with Crippen molar-refractivity contribution < 1.29 is 4.21 Å². The SMILES string of the molecule is Cc1cc(S(=O)Cc2ccccn2)ccc1N. The van der Waals surface area contributed by atoms with Gasteiger partial charge in [0, 0.05) is 16.8 Å². The highest BCUT2D eigenvalue weighted by Crippen LogP contribution is 2.17. The van der Waals surface area contributed by atoms with E-state index in [2.05, 4.69) is 4.98 Å². The summed E-state index contributed by atoms with van der Waals surface area (Å²) in [6.07, 6.45) is 1.71. The summed E-state index contributed by atoms with van der Waals surface area (Å²) in [4.78, 5) is 4.96. The van der Waals surface area contributed by atoms with Crippen molar-refractivity contribution in [2.45, 2.75) is 17.6 Å². The Balaban J connectivity index is 2.18. The number of benzene rings is 1. The maximum atomic E-state index is 12.1. The van der Waals surface area contributed by atoms with Gasteiger partial charge in [-0.1, -0.05) is 6.07 Å². The molecule has 0 fully saturated rings. The van der Waals surface area contributed by atoms with Crippen molar-refractivity contribution in [3.05, 3.63) is 53.9 Å². The smallest absolute Gasteiger partial charge is 0.0705 e. The molecule has 0 amide bonds. The predicted molar refractivity (Wildman–Crippen MR) is 69.9 cm³/mol. The van der Waals surface area contributed by atoms with E-state index in [1.54, 1.807) is 18.3 Å². The number of anilines is 1. The minimum Gasteiger partial charge on any atom is -0.399 e. The predicted octanol–water partition coefficient (Wildman–Crippen LogP) is 2.28. The zero-order valence-corrected chi connectivity index (χ0v) is 10.4. The van der Waals surface area contributed by atoms with Gasteiger partial charge in [0.25, 0.3) is 0 Å². The molecule has 0 aliphatic rings. The van der Waals surface area contributed by atoms with Crippen LogP contribution in [0.1, 0.15) is 11.3 Å². The molecule has 88 valence electrons. The van der Waals surface area contributed by atoms with Crippen LogP contribution in [0, 0.1) is 6.92 Å². The van der Waals surface area contributed by atoms with E-state index in [1.165, 1.54) is 0 Å². The van der Waals surface area contributed by atoms with Gasteiger partial charge in [-0.2, -0.15) is 0 Å². The second-order valence-corrected chi connectivity index (χ2v) is 5.28. The average Bonchev–Trinajstić information content (AvgIpc) is 2.34. The molecule has 2 rings (SSSR count). The third-order valence-corrected chi connectivity index (χ3v) is 3.85. The molecule has 1 aromatic heterocycles. The summed E-state index contributed by atoms with van der Waals surface area (Å²) in [5.74, 6) is 0.435. The molecular formula is C13H14N2OS. The quantitative estimate of drug-likeness (QED) is 0.845. The van der Waals surface area contributed by atoms with E-state index in [4.69, 9.17) is 5.73 Å². The Bertz CT molecular complexity index is 540. The Morgan fingerprint density at radius 1 is 1.29 bits per heavy atom. The van der Waals surface area contributed by atoms with Crippen molar-refractivity contribution in [2.24, 2.45) is 0 Å². The zero-order chi connectivity index (χ0) is 12.3. The number of aryl methyl sites for hydroxylation is 1. The van der Waals surface area contributed by atoms with Gasteiger partial charge in [-0.3, -0.25) is 9.19 Å². The normalized spacial score (nSPS) is 12.3. The number of pyridine rings is 1. The molecule has 3 nitrogen and oxygen atoms in total. The molecule has 0 spiro atoms. The summed E-state index contributed by atoms with van der Waals surface area (Å²) in [5, 5.41) is 0. The molecule has 2 aromatic rings. The Morgan fingerprint density at radius 3 is 2.76 bits per heavy atom. The van der Waals surface area contributed by atoms with Crippen LogP contribution in [0.15, 0.2) is 47.5 Å². The zero-order valence-electron chi connectivity index (χ0n) is 9.59. The van der Waals surface area contributed by atoms with Crippen molar-refractivity contribution in [1.82, 2.24) is 4.98 Å². The lowest BCUT2D eigenvalue weighted by molar-refractivity contribution is 0.682. The molecule has 1 aromatic carbocycles. The van der Waals surface area contributed by atoms with Gasteiger partial charge >= 0.3 is 0 Å². The Hall–Kier alpha value is -1.68. The van der Waals surface area contributed by atoms with Crippen molar-refractivity contribution in [3.8, 4) is 0 Å². The molecule has 1 heterocycles. The maximum Gasteiger partial charge on any atom is 0.0705 e. The van der Waals surface area contributed by atoms with Crippen LogP contribution >= 0.6 is 0 Å². The summed E-state index contributed by atoms with van der Waals surface area (Å²) < 4.78 is 12.1. The lowest BCUT2D eigenvalue weighted by atomic mass is 10.2. The highest BCUT2D eigenvalue weighted by atomic mass is 32.2. The Labute approximate surface area is 103 Å². The van der Waals surface area contributed by atoms with E-state index >= 15 is 0 Å². The second kappa shape index (κ2) is 5.10. The largest absolute Gasteiger partial charge is 0.399 e. The first-order valence-corrected chi connectivity index (χ1v) is 6.63. The number of nitrogen functional groups attached to an aromatic ring is 1. The molecule has 4 heteroatoms. The third kappa shape index (κ3) is 2.91. The molecule has 0 aliphatic carbocycles. The van der Waals surface area contributed by atoms with E-state index in [0.29, 0.717) is 5.75 Å². The van der Waals surface area contributed by atoms with Crippen LogP contribution < -0.4 is 5.73 Å². The lowest BCUT2D eigenvalue weighted by Gasteiger charge is -2.05. The molecule has 0 aliphatic heterocycles. The van der Waals surface area contributed by atoms with Gasteiger partial charge in [-0.25, -0.2) is 0 Å². The minimum atomic E-state index is -1.07. The summed E-state index contributed by atoms with van der Waals surface area (Å²) >= 11 is 0. The molecular weight excluding hydrogens is 232 g/mol. The fourth-order valence-electron chi connectivity index (χ4n) is 1.49. The summed E-state index contributed by atoms with van der Waals surface area (Å²) in [7, 11) is -1.07. The van der Waals surface area contributed by atoms with Gasteiger partial charge in [-0.15, -0.1) is 0 Å². The maximum absolute atomic E-state index is 12.1. The topological polar surface area (TPSA) is 56.0 Å². The van der Waals surface area contributed by atoms with Crippen LogP contribution in [0.5, 0.6) is 0 Å². The number of rotatable bonds is 3. The highest BCUT2D eigenvalue weighted by molar-refractivity contribution is 7.84. The first kappa shape index (κ1) is 11.8.